The zero-order valence-electron chi connectivity index (χ0n) is 20.9. The van der Waals surface area contributed by atoms with Gasteiger partial charge in [0.25, 0.3) is 0 Å². The molecule has 0 aliphatic carbocycles. The van der Waals surface area contributed by atoms with Crippen LogP contribution in [0.2, 0.25) is 0 Å². The third-order valence-electron chi connectivity index (χ3n) is 5.78. The van der Waals surface area contributed by atoms with Crippen molar-refractivity contribution in [3.8, 4) is 5.75 Å². The lowest BCUT2D eigenvalue weighted by Crippen LogP contribution is -2.56. The molecule has 0 bridgehead atoms. The van der Waals surface area contributed by atoms with E-state index in [4.69, 9.17) is 19.5 Å². The highest BCUT2D eigenvalue weighted by molar-refractivity contribution is 8.00. The molecule has 2 aromatic carbocycles. The van der Waals surface area contributed by atoms with E-state index in [1.807, 2.05) is 18.2 Å². The molecule has 0 aromatic heterocycles. The molecular weight excluding hydrogens is 549 g/mol. The minimum absolute atomic E-state index is 0.0266. The number of hydrogen-bond acceptors (Lipinski definition) is 11. The van der Waals surface area contributed by atoms with Crippen LogP contribution in [0.4, 0.5) is 4.79 Å². The molecule has 2 amide bonds. The van der Waals surface area contributed by atoms with Gasteiger partial charge in [-0.3, -0.25) is 20.0 Å². The topological polar surface area (TPSA) is 185 Å². The van der Waals surface area contributed by atoms with Gasteiger partial charge in [-0.25, -0.2) is 14.4 Å². The SMILES string of the molecule is C[C@H](NP(=O)(OC[C@H]1S[C@@H](N2C=NC(N)NC2=O)C(O)C1O)Oc1ccccc1)C(=O)OCc1ccccc1. The molecule has 15 heteroatoms. The Labute approximate surface area is 229 Å². The minimum atomic E-state index is -4.21. The summed E-state index contributed by atoms with van der Waals surface area (Å²) in [5.74, 6) is -0.466. The largest absolute Gasteiger partial charge is 0.460 e. The molecule has 2 aliphatic rings. The number of nitrogens with zero attached hydrogens (tertiary/aromatic N) is 2. The van der Waals surface area contributed by atoms with Crippen molar-refractivity contribution >= 4 is 37.8 Å². The van der Waals surface area contributed by atoms with Crippen LogP contribution in [0.5, 0.6) is 5.75 Å². The normalized spacial score (nSPS) is 26.9. The molecule has 0 radical (unpaired) electrons. The van der Waals surface area contributed by atoms with Crippen LogP contribution in [-0.4, -0.2) is 75.2 Å². The van der Waals surface area contributed by atoms with Crippen molar-refractivity contribution in [1.82, 2.24) is 15.3 Å². The van der Waals surface area contributed by atoms with Crippen molar-refractivity contribution in [1.29, 1.82) is 0 Å². The van der Waals surface area contributed by atoms with Gasteiger partial charge < -0.3 is 24.8 Å². The number of amides is 2. The molecule has 39 heavy (non-hydrogen) atoms. The quantitative estimate of drug-likeness (QED) is 0.191. The number of aliphatic hydroxyl groups is 2. The van der Waals surface area contributed by atoms with Crippen molar-refractivity contribution in [2.75, 3.05) is 6.61 Å². The van der Waals surface area contributed by atoms with Crippen LogP contribution < -0.4 is 20.7 Å². The van der Waals surface area contributed by atoms with E-state index in [9.17, 15) is 24.4 Å². The molecule has 6 N–H and O–H groups in total. The number of ether oxygens (including phenoxy) is 1. The van der Waals surface area contributed by atoms with E-state index in [0.717, 1.165) is 22.2 Å². The van der Waals surface area contributed by atoms with Gasteiger partial charge in [0.15, 0.2) is 6.29 Å². The first kappa shape index (κ1) is 29.0. The Morgan fingerprint density at radius 3 is 2.51 bits per heavy atom. The third-order valence-corrected chi connectivity index (χ3v) is 8.97. The highest BCUT2D eigenvalue weighted by atomic mass is 32.2. The number of hydrogen-bond donors (Lipinski definition) is 5. The molecule has 7 atom stereocenters. The van der Waals surface area contributed by atoms with Crippen LogP contribution in [0, 0.1) is 0 Å². The zero-order valence-corrected chi connectivity index (χ0v) is 22.6. The highest BCUT2D eigenvalue weighted by Gasteiger charge is 2.48. The van der Waals surface area contributed by atoms with Crippen LogP contribution in [0.1, 0.15) is 12.5 Å². The number of thioether (sulfide) groups is 1. The van der Waals surface area contributed by atoms with Crippen LogP contribution in [0.25, 0.3) is 0 Å². The smallest absolute Gasteiger partial charge is 0.459 e. The first-order chi connectivity index (χ1) is 18.6. The van der Waals surface area contributed by atoms with Gasteiger partial charge in [-0.15, -0.1) is 11.8 Å². The fraction of sp³-hybridized carbons (Fsp3) is 0.375. The maximum atomic E-state index is 13.8. The number of urea groups is 1. The van der Waals surface area contributed by atoms with Gasteiger partial charge in [0, 0.05) is 0 Å². The molecule has 1 saturated heterocycles. The maximum absolute atomic E-state index is 13.8. The number of aliphatic imine (C=N–C) groups is 1. The van der Waals surface area contributed by atoms with E-state index >= 15 is 0 Å². The van der Waals surface area contributed by atoms with Crippen molar-refractivity contribution in [3.63, 3.8) is 0 Å². The summed E-state index contributed by atoms with van der Waals surface area (Å²) in [6.07, 6.45) is -2.41. The lowest BCUT2D eigenvalue weighted by atomic mass is 10.1. The summed E-state index contributed by atoms with van der Waals surface area (Å²) >= 11 is 1.03. The van der Waals surface area contributed by atoms with Crippen LogP contribution >= 0.6 is 19.5 Å². The van der Waals surface area contributed by atoms with Crippen molar-refractivity contribution in [2.45, 2.75) is 48.7 Å². The van der Waals surface area contributed by atoms with Gasteiger partial charge in [-0.2, -0.15) is 5.09 Å². The molecule has 2 aliphatic heterocycles. The molecular formula is C24H30N5O8PS. The molecule has 2 heterocycles. The number of nitrogens with one attached hydrogen (secondary N) is 2. The summed E-state index contributed by atoms with van der Waals surface area (Å²) in [6, 6.07) is 15.6. The molecule has 210 valence electrons. The molecule has 2 aromatic rings. The molecule has 1 fully saturated rings. The standard InChI is InChI=1S/C24H30N5O8PS/c1-15(22(32)35-12-16-8-4-2-5-9-16)28-38(34,37-17-10-6-3-7-11-17)36-13-18-19(30)20(31)21(39-18)29-14-26-23(25)27-24(29)33/h2-11,14-15,18-21,23,30-31H,12-13,25H2,1H3,(H,27,33)(H,28,34)/t15-,18+,19?,20?,21+,23?,38?/m0/s1. The fourth-order valence-corrected chi connectivity index (χ4v) is 6.78. The van der Waals surface area contributed by atoms with Crippen LogP contribution in [0.15, 0.2) is 65.7 Å². The second-order valence-electron chi connectivity index (χ2n) is 8.75. The summed E-state index contributed by atoms with van der Waals surface area (Å²) in [6.45, 7) is 1.13. The number of nitrogens with two attached hydrogens (primary N) is 1. The number of rotatable bonds is 11. The average molecular weight is 580 g/mol. The second kappa shape index (κ2) is 12.9. The van der Waals surface area contributed by atoms with E-state index in [2.05, 4.69) is 15.4 Å². The lowest BCUT2D eigenvalue weighted by Gasteiger charge is -2.30. The van der Waals surface area contributed by atoms with E-state index in [0.29, 0.717) is 0 Å². The van der Waals surface area contributed by atoms with Gasteiger partial charge in [-0.05, 0) is 24.6 Å². The number of para-hydroxylation sites is 1. The van der Waals surface area contributed by atoms with Crippen molar-refractivity contribution in [2.24, 2.45) is 10.7 Å². The van der Waals surface area contributed by atoms with Crippen LogP contribution in [0.3, 0.4) is 0 Å². The van der Waals surface area contributed by atoms with Gasteiger partial charge in [-0.1, -0.05) is 48.5 Å². The van der Waals surface area contributed by atoms with Crippen molar-refractivity contribution in [3.05, 3.63) is 66.2 Å². The number of benzene rings is 2. The summed E-state index contributed by atoms with van der Waals surface area (Å²) < 4.78 is 30.4. The number of aliphatic hydroxyl groups excluding tert-OH is 2. The highest BCUT2D eigenvalue weighted by Crippen LogP contribution is 2.47. The van der Waals surface area contributed by atoms with Gasteiger partial charge in [0.1, 0.15) is 29.9 Å². The fourth-order valence-electron chi connectivity index (χ4n) is 3.74. The van der Waals surface area contributed by atoms with Crippen LogP contribution in [-0.2, 0) is 25.2 Å². The first-order valence-electron chi connectivity index (χ1n) is 12.0. The third kappa shape index (κ3) is 7.57. The van der Waals surface area contributed by atoms with Crippen molar-refractivity contribution < 1.29 is 38.2 Å². The van der Waals surface area contributed by atoms with Gasteiger partial charge >= 0.3 is 19.7 Å². The summed E-state index contributed by atoms with van der Waals surface area (Å²) in [7, 11) is -4.21. The first-order valence-corrected chi connectivity index (χ1v) is 14.5. The van der Waals surface area contributed by atoms with E-state index < -0.39 is 54.9 Å². The minimum Gasteiger partial charge on any atom is -0.460 e. The summed E-state index contributed by atoms with van der Waals surface area (Å²) in [4.78, 5) is 29.9. The Balaban J connectivity index is 1.42. The van der Waals surface area contributed by atoms with E-state index in [-0.39, 0.29) is 19.0 Å². The van der Waals surface area contributed by atoms with E-state index in [1.54, 1.807) is 42.5 Å². The van der Waals surface area contributed by atoms with Gasteiger partial charge in [0.05, 0.1) is 24.3 Å². The Hall–Kier alpha value is -2.97. The Morgan fingerprint density at radius 1 is 1.18 bits per heavy atom. The Morgan fingerprint density at radius 2 is 1.85 bits per heavy atom. The van der Waals surface area contributed by atoms with E-state index in [1.165, 1.54) is 13.3 Å². The Kier molecular flexibility index (Phi) is 9.62. The molecule has 4 rings (SSSR count). The number of esters is 1. The van der Waals surface area contributed by atoms with Gasteiger partial charge in [0.2, 0.25) is 0 Å². The molecule has 4 unspecified atom stereocenters. The molecule has 13 nitrogen and oxygen atoms in total. The monoisotopic (exact) mass is 579 g/mol. The second-order valence-corrected chi connectivity index (χ2v) is 11.8. The predicted octanol–water partition coefficient (Wildman–Crippen LogP) is 1.37. The number of carbonyl (C=O) groups is 2. The predicted molar refractivity (Wildman–Crippen MR) is 143 cm³/mol. The lowest BCUT2D eigenvalue weighted by molar-refractivity contribution is -0.146. The number of carbonyl (C=O) groups excluding carboxylic acids is 2. The zero-order chi connectivity index (χ0) is 28.0. The molecule has 0 saturated carbocycles. The average Bonchev–Trinajstić information content (AvgIpc) is 3.20. The molecule has 0 spiro atoms. The maximum Gasteiger partial charge on any atom is 0.459 e. The Bertz CT molecular complexity index is 1210. The summed E-state index contributed by atoms with van der Waals surface area (Å²) in [5, 5.41) is 24.5. The summed E-state index contributed by atoms with van der Waals surface area (Å²) in [5.41, 5.74) is 6.35.